The third kappa shape index (κ3) is 1.42. The summed E-state index contributed by atoms with van der Waals surface area (Å²) >= 11 is 1.27. The molecule has 3 heteroatoms. The summed E-state index contributed by atoms with van der Waals surface area (Å²) in [7, 11) is 0. The van der Waals surface area contributed by atoms with Crippen LogP contribution in [0.2, 0.25) is 0 Å². The van der Waals surface area contributed by atoms with Gasteiger partial charge in [0.05, 0.1) is 0 Å². The van der Waals surface area contributed by atoms with Crippen molar-refractivity contribution >= 4 is 12.2 Å². The highest BCUT2D eigenvalue weighted by Gasteiger charge is 2.15. The van der Waals surface area contributed by atoms with E-state index in [2.05, 4.69) is 18.6 Å². The smallest absolute Gasteiger partial charge is 0.143 e. The van der Waals surface area contributed by atoms with E-state index < -0.39 is 0 Å². The minimum absolute atomic E-state index is 0.0862. The van der Waals surface area contributed by atoms with E-state index in [0.717, 1.165) is 0 Å². The molecule has 1 N–H and O–H groups in total. The Morgan fingerprint density at radius 2 is 2.38 bits per heavy atom. The molecule has 0 amide bonds. The highest BCUT2D eigenvalue weighted by Crippen LogP contribution is 2.15. The van der Waals surface area contributed by atoms with Crippen molar-refractivity contribution in [2.45, 2.75) is 19.4 Å². The molecule has 0 spiro atoms. The Labute approximate surface area is 53.6 Å². The molecule has 1 aliphatic heterocycles. The second-order valence-electron chi connectivity index (χ2n) is 2.31. The summed E-state index contributed by atoms with van der Waals surface area (Å²) in [5.74, 6) is 0. The molecule has 1 heterocycles. The summed E-state index contributed by atoms with van der Waals surface area (Å²) < 4.78 is 7.90. The predicted molar refractivity (Wildman–Crippen MR) is 35.0 cm³/mol. The van der Waals surface area contributed by atoms with E-state index in [-0.39, 0.29) is 5.54 Å². The van der Waals surface area contributed by atoms with Gasteiger partial charge in [0.15, 0.2) is 0 Å². The van der Waals surface area contributed by atoms with Gasteiger partial charge in [-0.05, 0) is 19.9 Å². The summed E-state index contributed by atoms with van der Waals surface area (Å²) in [6.45, 7) is 4.16. The molecule has 46 valence electrons. The molecule has 0 fully saturated rings. The minimum atomic E-state index is 0.0862. The van der Waals surface area contributed by atoms with Crippen molar-refractivity contribution in [2.24, 2.45) is 0 Å². The van der Waals surface area contributed by atoms with Gasteiger partial charge in [0.2, 0.25) is 0 Å². The van der Waals surface area contributed by atoms with Gasteiger partial charge in [0.25, 0.3) is 0 Å². The van der Waals surface area contributed by atoms with Gasteiger partial charge >= 0.3 is 0 Å². The van der Waals surface area contributed by atoms with E-state index in [0.29, 0.717) is 0 Å². The second kappa shape index (κ2) is 1.99. The van der Waals surface area contributed by atoms with Crippen LogP contribution < -0.4 is 4.72 Å². The van der Waals surface area contributed by atoms with Crippen LogP contribution in [0.1, 0.15) is 13.8 Å². The molecule has 0 aromatic carbocycles. The molecular weight excluding hydrogens is 122 g/mol. The van der Waals surface area contributed by atoms with Crippen LogP contribution in [0.25, 0.3) is 0 Å². The Balaban J connectivity index is 2.56. The van der Waals surface area contributed by atoms with Crippen LogP contribution in [-0.2, 0) is 4.18 Å². The number of hydrogen-bond acceptors (Lipinski definition) is 3. The van der Waals surface area contributed by atoms with Crippen LogP contribution in [-0.4, -0.2) is 5.54 Å². The Bertz CT molecular complexity index is 111. The number of hydrogen-bond donors (Lipinski definition) is 1. The third-order valence-corrected chi connectivity index (χ3v) is 1.71. The van der Waals surface area contributed by atoms with Crippen LogP contribution >= 0.6 is 12.2 Å². The van der Waals surface area contributed by atoms with Gasteiger partial charge in [-0.15, -0.1) is 0 Å². The molecule has 0 aromatic heterocycles. The zero-order valence-corrected chi connectivity index (χ0v) is 5.79. The molecule has 2 nitrogen and oxygen atoms in total. The van der Waals surface area contributed by atoms with Gasteiger partial charge in [-0.1, -0.05) is 0 Å². The molecule has 8 heavy (non-hydrogen) atoms. The van der Waals surface area contributed by atoms with Crippen molar-refractivity contribution in [3.8, 4) is 0 Å². The fraction of sp³-hybridized carbons (Fsp3) is 0.600. The summed E-state index contributed by atoms with van der Waals surface area (Å²) in [6, 6.07) is 0. The lowest BCUT2D eigenvalue weighted by atomic mass is 10.1. The van der Waals surface area contributed by atoms with Crippen LogP contribution in [0.15, 0.2) is 12.3 Å². The molecule has 0 saturated carbocycles. The van der Waals surface area contributed by atoms with E-state index >= 15 is 0 Å². The first-order chi connectivity index (χ1) is 3.71. The van der Waals surface area contributed by atoms with Crippen LogP contribution in [0.4, 0.5) is 0 Å². The maximum absolute atomic E-state index is 4.83. The topological polar surface area (TPSA) is 21.3 Å². The Hall–Kier alpha value is -0.150. The van der Waals surface area contributed by atoms with Crippen LogP contribution in [0, 0.1) is 0 Å². The Morgan fingerprint density at radius 3 is 2.62 bits per heavy atom. The van der Waals surface area contributed by atoms with Crippen LogP contribution in [0.5, 0.6) is 0 Å². The number of nitrogens with one attached hydrogen (secondary N) is 1. The Kier molecular flexibility index (Phi) is 1.49. The van der Waals surface area contributed by atoms with Gasteiger partial charge in [-0.3, -0.25) is 0 Å². The van der Waals surface area contributed by atoms with Crippen molar-refractivity contribution in [3.63, 3.8) is 0 Å². The average molecular weight is 131 g/mol. The maximum Gasteiger partial charge on any atom is 0.143 e. The number of rotatable bonds is 0. The molecule has 0 aromatic rings. The van der Waals surface area contributed by atoms with E-state index in [1.165, 1.54) is 12.2 Å². The highest BCUT2D eigenvalue weighted by molar-refractivity contribution is 7.92. The standard InChI is InChI=1S/C5H9NOS/c1-5(2)3-4-7-8-6-5/h3-4,6H,1-2H3. The van der Waals surface area contributed by atoms with Gasteiger partial charge in [-0.2, -0.15) is 0 Å². The third-order valence-electron chi connectivity index (χ3n) is 0.893. The second-order valence-corrected chi connectivity index (χ2v) is 2.87. The van der Waals surface area contributed by atoms with Gasteiger partial charge < -0.3 is 4.18 Å². The lowest BCUT2D eigenvalue weighted by Crippen LogP contribution is -2.33. The SMILES string of the molecule is CC1(C)C=COSN1. The fourth-order valence-corrected chi connectivity index (χ4v) is 0.833. The summed E-state index contributed by atoms with van der Waals surface area (Å²) in [6.07, 6.45) is 3.67. The van der Waals surface area contributed by atoms with Crippen LogP contribution in [0.3, 0.4) is 0 Å². The molecule has 1 aliphatic rings. The fourth-order valence-electron chi connectivity index (χ4n) is 0.391. The molecule has 0 radical (unpaired) electrons. The molecular formula is C5H9NOS. The van der Waals surface area contributed by atoms with Gasteiger partial charge in [0, 0.05) is 5.54 Å². The van der Waals surface area contributed by atoms with Gasteiger partial charge in [-0.25, -0.2) is 4.72 Å². The lowest BCUT2D eigenvalue weighted by Gasteiger charge is -2.22. The van der Waals surface area contributed by atoms with Crippen molar-refractivity contribution in [2.75, 3.05) is 0 Å². The Morgan fingerprint density at radius 1 is 1.62 bits per heavy atom. The molecule has 0 saturated heterocycles. The zero-order chi connectivity index (χ0) is 6.04. The van der Waals surface area contributed by atoms with E-state index in [1.54, 1.807) is 6.26 Å². The van der Waals surface area contributed by atoms with E-state index in [9.17, 15) is 0 Å². The summed E-state index contributed by atoms with van der Waals surface area (Å²) in [5.41, 5.74) is 0.0862. The van der Waals surface area contributed by atoms with E-state index in [4.69, 9.17) is 4.18 Å². The van der Waals surface area contributed by atoms with Gasteiger partial charge in [0.1, 0.15) is 18.5 Å². The van der Waals surface area contributed by atoms with E-state index in [1.807, 2.05) is 6.08 Å². The molecule has 0 bridgehead atoms. The first-order valence-corrected chi connectivity index (χ1v) is 3.22. The summed E-state index contributed by atoms with van der Waals surface area (Å²) in [4.78, 5) is 0. The quantitative estimate of drug-likeness (QED) is 0.397. The molecule has 0 unspecified atom stereocenters. The largest absolute Gasteiger partial charge is 0.418 e. The zero-order valence-electron chi connectivity index (χ0n) is 4.97. The average Bonchev–Trinajstić information content (AvgIpc) is 1.65. The predicted octanol–water partition coefficient (Wildman–Crippen LogP) is 1.46. The highest BCUT2D eigenvalue weighted by atomic mass is 32.2. The lowest BCUT2D eigenvalue weighted by molar-refractivity contribution is 0.478. The minimum Gasteiger partial charge on any atom is -0.418 e. The van der Waals surface area contributed by atoms with Crippen molar-refractivity contribution in [3.05, 3.63) is 12.3 Å². The van der Waals surface area contributed by atoms with Crippen molar-refractivity contribution in [1.29, 1.82) is 0 Å². The summed E-state index contributed by atoms with van der Waals surface area (Å²) in [5, 5.41) is 0. The molecule has 0 aliphatic carbocycles. The first kappa shape index (κ1) is 5.98. The monoisotopic (exact) mass is 131 g/mol. The molecule has 1 rings (SSSR count). The first-order valence-electron chi connectivity index (χ1n) is 2.48. The van der Waals surface area contributed by atoms with Crippen molar-refractivity contribution < 1.29 is 4.18 Å². The maximum atomic E-state index is 4.83. The molecule has 0 atom stereocenters. The van der Waals surface area contributed by atoms with Crippen molar-refractivity contribution in [1.82, 2.24) is 4.72 Å². The normalized spacial score (nSPS) is 24.8.